The van der Waals surface area contributed by atoms with Crippen molar-refractivity contribution in [2.24, 2.45) is 12.0 Å². The van der Waals surface area contributed by atoms with Crippen molar-refractivity contribution in [2.75, 3.05) is 19.7 Å². The zero-order valence-electron chi connectivity index (χ0n) is 16.2. The molecule has 3 rings (SSSR count). The predicted molar refractivity (Wildman–Crippen MR) is 110 cm³/mol. The maximum absolute atomic E-state index is 5.75. The summed E-state index contributed by atoms with van der Waals surface area (Å²) in [5, 5.41) is 6.56. The number of hydrogen-bond acceptors (Lipinski definition) is 3. The number of aliphatic imine (C=N–C) groups is 1. The summed E-state index contributed by atoms with van der Waals surface area (Å²) in [7, 11) is 2.02. The van der Waals surface area contributed by atoms with Crippen molar-refractivity contribution in [3.05, 3.63) is 59.9 Å². The third-order valence-electron chi connectivity index (χ3n) is 4.29. The van der Waals surface area contributed by atoms with Gasteiger partial charge in [-0.2, -0.15) is 0 Å². The van der Waals surface area contributed by atoms with E-state index in [1.807, 2.05) is 49.5 Å². The highest BCUT2D eigenvalue weighted by Crippen LogP contribution is 2.14. The number of nitrogens with one attached hydrogen (secondary N) is 2. The Hall–Kier alpha value is -3.02. The smallest absolute Gasteiger partial charge is 0.191 e. The van der Waals surface area contributed by atoms with Gasteiger partial charge in [-0.25, -0.2) is 9.98 Å². The lowest BCUT2D eigenvalue weighted by Gasteiger charge is -2.12. The van der Waals surface area contributed by atoms with Crippen LogP contribution in [-0.2, 0) is 13.6 Å². The zero-order chi connectivity index (χ0) is 19.1. The van der Waals surface area contributed by atoms with Gasteiger partial charge in [-0.15, -0.1) is 0 Å². The number of nitrogens with zero attached hydrogens (tertiary/aromatic N) is 3. The molecular formula is C21H27N5O. The summed E-state index contributed by atoms with van der Waals surface area (Å²) in [6, 6.07) is 16.2. The van der Waals surface area contributed by atoms with Crippen LogP contribution in [0.1, 0.15) is 18.3 Å². The van der Waals surface area contributed by atoms with Crippen LogP contribution in [0.2, 0.25) is 0 Å². The van der Waals surface area contributed by atoms with Gasteiger partial charge in [0.15, 0.2) is 5.96 Å². The van der Waals surface area contributed by atoms with Crippen LogP contribution in [0.25, 0.3) is 11.0 Å². The van der Waals surface area contributed by atoms with Crippen LogP contribution < -0.4 is 15.4 Å². The van der Waals surface area contributed by atoms with E-state index in [2.05, 4.69) is 45.1 Å². The molecule has 3 aromatic rings. The van der Waals surface area contributed by atoms with Gasteiger partial charge in [-0.05, 0) is 38.1 Å². The molecule has 27 heavy (non-hydrogen) atoms. The molecule has 0 saturated carbocycles. The second kappa shape index (κ2) is 9.07. The average Bonchev–Trinajstić information content (AvgIpc) is 3.00. The second-order valence-electron chi connectivity index (χ2n) is 6.36. The number of aromatic nitrogens is 2. The number of fused-ring (bicyclic) bond motifs is 1. The van der Waals surface area contributed by atoms with Crippen LogP contribution in [0.15, 0.2) is 53.5 Å². The van der Waals surface area contributed by atoms with Gasteiger partial charge in [0.2, 0.25) is 0 Å². The van der Waals surface area contributed by atoms with Crippen molar-refractivity contribution < 1.29 is 4.74 Å². The first-order valence-electron chi connectivity index (χ1n) is 9.29. The van der Waals surface area contributed by atoms with Gasteiger partial charge in [0.1, 0.15) is 24.7 Å². The molecule has 142 valence electrons. The minimum Gasteiger partial charge on any atom is -0.492 e. The van der Waals surface area contributed by atoms with E-state index in [9.17, 15) is 0 Å². The predicted octanol–water partition coefficient (Wildman–Crippen LogP) is 3.02. The van der Waals surface area contributed by atoms with Gasteiger partial charge in [-0.3, -0.25) is 0 Å². The molecule has 0 bridgehead atoms. The minimum absolute atomic E-state index is 0.513. The molecular weight excluding hydrogens is 338 g/mol. The number of aryl methyl sites for hydroxylation is 2. The molecule has 6 nitrogen and oxygen atoms in total. The normalized spacial score (nSPS) is 11.6. The minimum atomic E-state index is 0.513. The summed E-state index contributed by atoms with van der Waals surface area (Å²) in [6.07, 6.45) is 0. The van der Waals surface area contributed by atoms with E-state index in [1.165, 1.54) is 5.56 Å². The first-order valence-corrected chi connectivity index (χ1v) is 9.29. The maximum Gasteiger partial charge on any atom is 0.191 e. The van der Waals surface area contributed by atoms with Crippen molar-refractivity contribution in [1.82, 2.24) is 20.2 Å². The van der Waals surface area contributed by atoms with Crippen LogP contribution in [0.4, 0.5) is 0 Å². The summed E-state index contributed by atoms with van der Waals surface area (Å²) in [5.41, 5.74) is 3.34. The van der Waals surface area contributed by atoms with E-state index >= 15 is 0 Å². The second-order valence-corrected chi connectivity index (χ2v) is 6.36. The lowest BCUT2D eigenvalue weighted by atomic mass is 10.2. The van der Waals surface area contributed by atoms with Gasteiger partial charge >= 0.3 is 0 Å². The van der Waals surface area contributed by atoms with Crippen molar-refractivity contribution in [1.29, 1.82) is 0 Å². The molecule has 1 aromatic heterocycles. The average molecular weight is 365 g/mol. The molecule has 1 heterocycles. The first-order chi connectivity index (χ1) is 13.2. The molecule has 2 aromatic carbocycles. The number of benzene rings is 2. The third-order valence-corrected chi connectivity index (χ3v) is 4.29. The fourth-order valence-electron chi connectivity index (χ4n) is 2.80. The van der Waals surface area contributed by atoms with Crippen LogP contribution in [0.5, 0.6) is 5.75 Å². The molecule has 0 radical (unpaired) electrons. The number of imidazole rings is 1. The molecule has 2 N–H and O–H groups in total. The van der Waals surface area contributed by atoms with E-state index in [0.29, 0.717) is 19.7 Å². The molecule has 0 unspecified atom stereocenters. The third kappa shape index (κ3) is 5.00. The largest absolute Gasteiger partial charge is 0.492 e. The van der Waals surface area contributed by atoms with Crippen molar-refractivity contribution in [3.8, 4) is 5.75 Å². The Balaban J connectivity index is 1.55. The van der Waals surface area contributed by atoms with Gasteiger partial charge in [0.25, 0.3) is 0 Å². The first kappa shape index (κ1) is 18.8. The van der Waals surface area contributed by atoms with Crippen LogP contribution in [0.3, 0.4) is 0 Å². The zero-order valence-corrected chi connectivity index (χ0v) is 16.2. The molecule has 0 spiro atoms. The number of para-hydroxylation sites is 2. The molecule has 6 heteroatoms. The van der Waals surface area contributed by atoms with E-state index in [4.69, 9.17) is 4.74 Å². The van der Waals surface area contributed by atoms with Crippen LogP contribution in [-0.4, -0.2) is 35.2 Å². The summed E-state index contributed by atoms with van der Waals surface area (Å²) >= 11 is 0. The fraction of sp³-hybridized carbons (Fsp3) is 0.333. The lowest BCUT2D eigenvalue weighted by molar-refractivity contribution is 0.322. The topological polar surface area (TPSA) is 63.5 Å². The van der Waals surface area contributed by atoms with Gasteiger partial charge in [-0.1, -0.05) is 29.8 Å². The van der Waals surface area contributed by atoms with E-state index in [-0.39, 0.29) is 0 Å². The highest BCUT2D eigenvalue weighted by Gasteiger charge is 2.07. The molecule has 0 atom stereocenters. The number of hydrogen-bond donors (Lipinski definition) is 2. The quantitative estimate of drug-likeness (QED) is 0.384. The Morgan fingerprint density at radius 2 is 1.89 bits per heavy atom. The maximum atomic E-state index is 5.75. The summed E-state index contributed by atoms with van der Waals surface area (Å²) in [4.78, 5) is 9.31. The molecule has 0 aliphatic carbocycles. The Kier molecular flexibility index (Phi) is 6.30. The Bertz CT molecular complexity index is 899. The van der Waals surface area contributed by atoms with Crippen LogP contribution in [0, 0.1) is 6.92 Å². The number of ether oxygens (including phenoxy) is 1. The standard InChI is InChI=1S/C21H27N5O/c1-4-22-21(23-13-14-27-17-11-9-16(2)10-12-17)24-15-20-25-18-7-5-6-8-19(18)26(20)3/h5-12H,4,13-15H2,1-3H3,(H2,22,23,24). The Labute approximate surface area is 160 Å². The molecule has 0 fully saturated rings. The molecule has 0 aliphatic rings. The van der Waals surface area contributed by atoms with Gasteiger partial charge in [0.05, 0.1) is 17.6 Å². The van der Waals surface area contributed by atoms with Crippen molar-refractivity contribution in [3.63, 3.8) is 0 Å². The molecule has 0 aliphatic heterocycles. The van der Waals surface area contributed by atoms with Crippen molar-refractivity contribution >= 4 is 17.0 Å². The lowest BCUT2D eigenvalue weighted by Crippen LogP contribution is -2.39. The number of guanidine groups is 1. The Morgan fingerprint density at radius 1 is 1.11 bits per heavy atom. The summed E-state index contributed by atoms with van der Waals surface area (Å²) < 4.78 is 7.84. The van der Waals surface area contributed by atoms with Gasteiger partial charge < -0.3 is 19.9 Å². The van der Waals surface area contributed by atoms with E-state index in [0.717, 1.165) is 35.1 Å². The Morgan fingerprint density at radius 3 is 2.63 bits per heavy atom. The summed E-state index contributed by atoms with van der Waals surface area (Å²) in [5.74, 6) is 2.57. The summed E-state index contributed by atoms with van der Waals surface area (Å²) in [6.45, 7) is 6.67. The fourth-order valence-corrected chi connectivity index (χ4v) is 2.80. The highest BCUT2D eigenvalue weighted by molar-refractivity contribution is 5.80. The SMILES string of the molecule is CCNC(=NCc1nc2ccccc2n1C)NCCOc1ccc(C)cc1. The van der Waals surface area contributed by atoms with Gasteiger partial charge in [0, 0.05) is 13.6 Å². The van der Waals surface area contributed by atoms with Crippen LogP contribution >= 0.6 is 0 Å². The number of rotatable bonds is 7. The molecule has 0 amide bonds. The van der Waals surface area contributed by atoms with E-state index < -0.39 is 0 Å². The molecule has 0 saturated heterocycles. The van der Waals surface area contributed by atoms with E-state index in [1.54, 1.807) is 0 Å². The highest BCUT2D eigenvalue weighted by atomic mass is 16.5. The monoisotopic (exact) mass is 365 g/mol. The van der Waals surface area contributed by atoms with Crippen molar-refractivity contribution in [2.45, 2.75) is 20.4 Å².